The van der Waals surface area contributed by atoms with Gasteiger partial charge >= 0.3 is 0 Å². The van der Waals surface area contributed by atoms with Crippen LogP contribution in [0.1, 0.15) is 12.8 Å². The molecule has 0 radical (unpaired) electrons. The summed E-state index contributed by atoms with van der Waals surface area (Å²) in [6, 6.07) is 13.6. The number of rotatable bonds is 6. The topological polar surface area (TPSA) is 101 Å². The number of hydrogen-bond acceptors (Lipinski definition) is 6. The Bertz CT molecular complexity index is 1120. The van der Waals surface area contributed by atoms with Crippen LogP contribution in [0.25, 0.3) is 10.8 Å². The molecule has 9 heteroatoms. The Morgan fingerprint density at radius 2 is 1.79 bits per heavy atom. The normalized spacial score (nSPS) is 14.8. The Morgan fingerprint density at radius 1 is 1.07 bits per heavy atom. The highest BCUT2D eigenvalue weighted by Crippen LogP contribution is 2.23. The van der Waals surface area contributed by atoms with Crippen LogP contribution in [-0.4, -0.2) is 48.5 Å². The van der Waals surface area contributed by atoms with E-state index in [0.717, 1.165) is 23.6 Å². The molecular formula is C20H20N4O4S. The summed E-state index contributed by atoms with van der Waals surface area (Å²) in [4.78, 5) is 12.4. The predicted molar refractivity (Wildman–Crippen MR) is 108 cm³/mol. The number of nitrogens with zero attached hydrogens (tertiary/aromatic N) is 3. The Balaban J connectivity index is 1.38. The first-order chi connectivity index (χ1) is 14.0. The SMILES string of the molecule is O=C(COc1nncc2ccccc12)Nc1ccc(S(=O)(=O)N2CCCC2)cc1. The number of carbonyl (C=O) groups is 1. The third-order valence-electron chi connectivity index (χ3n) is 4.72. The lowest BCUT2D eigenvalue weighted by Gasteiger charge is -2.15. The van der Waals surface area contributed by atoms with Gasteiger partial charge in [-0.25, -0.2) is 8.42 Å². The van der Waals surface area contributed by atoms with Crippen molar-refractivity contribution >= 4 is 32.4 Å². The van der Waals surface area contributed by atoms with E-state index in [1.807, 2.05) is 24.3 Å². The molecule has 8 nitrogen and oxygen atoms in total. The Labute approximate surface area is 168 Å². The van der Waals surface area contributed by atoms with Gasteiger partial charge in [0.05, 0.1) is 11.1 Å². The molecule has 1 fully saturated rings. The average Bonchev–Trinajstić information content (AvgIpc) is 3.28. The number of nitrogens with one attached hydrogen (secondary N) is 1. The van der Waals surface area contributed by atoms with Gasteiger partial charge in [0.15, 0.2) is 6.61 Å². The number of sulfonamides is 1. The zero-order valence-electron chi connectivity index (χ0n) is 15.6. The van der Waals surface area contributed by atoms with Crippen molar-refractivity contribution in [2.24, 2.45) is 0 Å². The first-order valence-electron chi connectivity index (χ1n) is 9.27. The van der Waals surface area contributed by atoms with Crippen LogP contribution in [0.15, 0.2) is 59.6 Å². The van der Waals surface area contributed by atoms with Gasteiger partial charge in [0, 0.05) is 29.5 Å². The number of amides is 1. The second kappa shape index (κ2) is 8.14. The molecule has 29 heavy (non-hydrogen) atoms. The third kappa shape index (κ3) is 4.20. The molecule has 1 amide bonds. The smallest absolute Gasteiger partial charge is 0.262 e. The summed E-state index contributed by atoms with van der Waals surface area (Å²) in [5.41, 5.74) is 0.489. The number of hydrogen-bond donors (Lipinski definition) is 1. The molecule has 4 rings (SSSR count). The maximum absolute atomic E-state index is 12.5. The van der Waals surface area contributed by atoms with Crippen molar-refractivity contribution in [1.29, 1.82) is 0 Å². The van der Waals surface area contributed by atoms with Crippen molar-refractivity contribution in [3.05, 3.63) is 54.7 Å². The quantitative estimate of drug-likeness (QED) is 0.667. The molecule has 1 aliphatic rings. The van der Waals surface area contributed by atoms with Gasteiger partial charge in [-0.15, -0.1) is 5.10 Å². The summed E-state index contributed by atoms with van der Waals surface area (Å²) < 4.78 is 32.1. The van der Waals surface area contributed by atoms with Gasteiger partial charge in [-0.2, -0.15) is 9.40 Å². The van der Waals surface area contributed by atoms with Crippen molar-refractivity contribution in [2.75, 3.05) is 25.0 Å². The minimum atomic E-state index is -3.47. The van der Waals surface area contributed by atoms with Crippen LogP contribution < -0.4 is 10.1 Å². The monoisotopic (exact) mass is 412 g/mol. The van der Waals surface area contributed by atoms with E-state index < -0.39 is 10.0 Å². The molecule has 0 spiro atoms. The molecule has 1 aliphatic heterocycles. The third-order valence-corrected chi connectivity index (χ3v) is 6.63. The van der Waals surface area contributed by atoms with E-state index in [0.29, 0.717) is 18.8 Å². The average molecular weight is 412 g/mol. The molecule has 0 saturated carbocycles. The zero-order valence-corrected chi connectivity index (χ0v) is 16.4. The van der Waals surface area contributed by atoms with E-state index >= 15 is 0 Å². The largest absolute Gasteiger partial charge is 0.466 e. The fraction of sp³-hybridized carbons (Fsp3) is 0.250. The highest BCUT2D eigenvalue weighted by molar-refractivity contribution is 7.89. The van der Waals surface area contributed by atoms with Crippen LogP contribution in [0, 0.1) is 0 Å². The van der Waals surface area contributed by atoms with E-state index in [2.05, 4.69) is 15.5 Å². The van der Waals surface area contributed by atoms with E-state index in [1.54, 1.807) is 18.3 Å². The first-order valence-corrected chi connectivity index (χ1v) is 10.7. The van der Waals surface area contributed by atoms with Gasteiger partial charge in [0.25, 0.3) is 5.91 Å². The molecule has 0 aliphatic carbocycles. The molecule has 150 valence electrons. The highest BCUT2D eigenvalue weighted by Gasteiger charge is 2.26. The molecule has 3 aromatic rings. The number of benzene rings is 2. The summed E-state index contributed by atoms with van der Waals surface area (Å²) >= 11 is 0. The molecule has 2 heterocycles. The van der Waals surface area contributed by atoms with Crippen LogP contribution in [0.2, 0.25) is 0 Å². The maximum Gasteiger partial charge on any atom is 0.262 e. The van der Waals surface area contributed by atoms with Gasteiger partial charge in [-0.05, 0) is 43.2 Å². The van der Waals surface area contributed by atoms with Gasteiger partial charge in [0.2, 0.25) is 15.9 Å². The van der Waals surface area contributed by atoms with Gasteiger partial charge in [0.1, 0.15) is 0 Å². The Hall–Kier alpha value is -3.04. The van der Waals surface area contributed by atoms with E-state index in [-0.39, 0.29) is 23.3 Å². The predicted octanol–water partition coefficient (Wildman–Crippen LogP) is 2.43. The number of fused-ring (bicyclic) bond motifs is 1. The number of aromatic nitrogens is 2. The summed E-state index contributed by atoms with van der Waals surface area (Å²) in [7, 11) is -3.47. The lowest BCUT2D eigenvalue weighted by Crippen LogP contribution is -2.27. The van der Waals surface area contributed by atoms with E-state index in [1.165, 1.54) is 16.4 Å². The molecule has 1 saturated heterocycles. The lowest BCUT2D eigenvalue weighted by molar-refractivity contribution is -0.118. The fourth-order valence-corrected chi connectivity index (χ4v) is 4.74. The molecule has 1 N–H and O–H groups in total. The molecule has 0 unspecified atom stereocenters. The van der Waals surface area contributed by atoms with Crippen molar-refractivity contribution in [3.8, 4) is 5.88 Å². The first kappa shape index (κ1) is 19.3. The van der Waals surface area contributed by atoms with Crippen molar-refractivity contribution in [3.63, 3.8) is 0 Å². The maximum atomic E-state index is 12.5. The van der Waals surface area contributed by atoms with Gasteiger partial charge < -0.3 is 10.1 Å². The van der Waals surface area contributed by atoms with Crippen molar-refractivity contribution in [2.45, 2.75) is 17.7 Å². The standard InChI is InChI=1S/C20H20N4O4S/c25-19(14-28-20-18-6-2-1-5-15(18)13-21-23-20)22-16-7-9-17(10-8-16)29(26,27)24-11-3-4-12-24/h1-2,5-10,13H,3-4,11-12,14H2,(H,22,25). The summed E-state index contributed by atoms with van der Waals surface area (Å²) in [6.07, 6.45) is 3.39. The Morgan fingerprint density at radius 3 is 2.55 bits per heavy atom. The lowest BCUT2D eigenvalue weighted by atomic mass is 10.2. The second-order valence-electron chi connectivity index (χ2n) is 6.71. The van der Waals surface area contributed by atoms with Crippen LogP contribution in [0.3, 0.4) is 0 Å². The number of anilines is 1. The minimum absolute atomic E-state index is 0.222. The number of carbonyl (C=O) groups excluding carboxylic acids is 1. The molecule has 2 aromatic carbocycles. The summed E-state index contributed by atoms with van der Waals surface area (Å²) in [5, 5.41) is 12.1. The zero-order chi connectivity index (χ0) is 20.3. The minimum Gasteiger partial charge on any atom is -0.466 e. The molecule has 0 bridgehead atoms. The van der Waals surface area contributed by atoms with Gasteiger partial charge in [-0.1, -0.05) is 18.2 Å². The van der Waals surface area contributed by atoms with E-state index in [9.17, 15) is 13.2 Å². The van der Waals surface area contributed by atoms with Crippen molar-refractivity contribution in [1.82, 2.24) is 14.5 Å². The second-order valence-corrected chi connectivity index (χ2v) is 8.65. The van der Waals surface area contributed by atoms with Crippen LogP contribution in [0.4, 0.5) is 5.69 Å². The molecular weight excluding hydrogens is 392 g/mol. The summed E-state index contributed by atoms with van der Waals surface area (Å²) in [6.45, 7) is 0.862. The van der Waals surface area contributed by atoms with Gasteiger partial charge in [-0.3, -0.25) is 4.79 Å². The highest BCUT2D eigenvalue weighted by atomic mass is 32.2. The number of ether oxygens (including phenoxy) is 1. The van der Waals surface area contributed by atoms with Crippen LogP contribution >= 0.6 is 0 Å². The fourth-order valence-electron chi connectivity index (χ4n) is 3.23. The molecule has 1 aromatic heterocycles. The van der Waals surface area contributed by atoms with Crippen LogP contribution in [0.5, 0.6) is 5.88 Å². The van der Waals surface area contributed by atoms with E-state index in [4.69, 9.17) is 4.74 Å². The summed E-state index contributed by atoms with van der Waals surface area (Å²) in [5.74, 6) is -0.0970. The van der Waals surface area contributed by atoms with Crippen molar-refractivity contribution < 1.29 is 17.9 Å². The Kier molecular flexibility index (Phi) is 5.41. The molecule has 0 atom stereocenters. The van der Waals surface area contributed by atoms with Crippen LogP contribution in [-0.2, 0) is 14.8 Å².